The lowest BCUT2D eigenvalue weighted by atomic mass is 10.3. The molecule has 1 rings (SSSR count). The molecule has 0 aromatic heterocycles. The molecule has 0 fully saturated rings. The van der Waals surface area contributed by atoms with Gasteiger partial charge < -0.3 is 5.73 Å². The Labute approximate surface area is 63.3 Å². The fourth-order valence-electron chi connectivity index (χ4n) is 0.512. The van der Waals surface area contributed by atoms with Crippen LogP contribution < -0.4 is 5.73 Å². The van der Waals surface area contributed by atoms with Crippen molar-refractivity contribution in [2.24, 2.45) is 0 Å². The van der Waals surface area contributed by atoms with Gasteiger partial charge in [-0.25, -0.2) is 8.78 Å². The molecule has 1 aromatic rings. The largest absolute Gasteiger partial charge is 0.399 e. The molecule has 0 aliphatic heterocycles. The topological polar surface area (TPSA) is 26.0 Å². The summed E-state index contributed by atoms with van der Waals surface area (Å²) in [5, 5.41) is 0. The van der Waals surface area contributed by atoms with Crippen LogP contribution in [0, 0.1) is 11.6 Å². The van der Waals surface area contributed by atoms with Crippen LogP contribution in [-0.2, 0) is 0 Å². The van der Waals surface area contributed by atoms with Crippen LogP contribution in [0.3, 0.4) is 0 Å². The molecule has 0 heterocycles. The van der Waals surface area contributed by atoms with Crippen molar-refractivity contribution in [2.45, 2.75) is 0 Å². The maximum Gasteiger partial charge on any atom is 0.160 e. The molecule has 0 spiro atoms. The van der Waals surface area contributed by atoms with Crippen molar-refractivity contribution in [2.75, 3.05) is 5.73 Å². The Hall–Kier alpha value is -0.830. The van der Waals surface area contributed by atoms with Gasteiger partial charge in [0.15, 0.2) is 11.6 Å². The van der Waals surface area contributed by atoms with Crippen LogP contribution in [0.4, 0.5) is 14.5 Å². The van der Waals surface area contributed by atoms with Crippen LogP contribution >= 0.6 is 12.4 Å². The molecule has 0 atom stereocenters. The predicted molar refractivity (Wildman–Crippen MR) is 38.0 cm³/mol. The molecule has 0 amide bonds. The number of hydrogen-bond donors (Lipinski definition) is 1. The standard InChI is InChI=1S/C6H5F2N.ClH/c7-5-2-1-4(9)3-6(5)8;/h1-3H,9H2;1H. The highest BCUT2D eigenvalue weighted by Gasteiger charge is 1.97. The van der Waals surface area contributed by atoms with Crippen molar-refractivity contribution in [1.29, 1.82) is 0 Å². The number of halogens is 3. The summed E-state index contributed by atoms with van der Waals surface area (Å²) in [6.45, 7) is 0. The van der Waals surface area contributed by atoms with Crippen molar-refractivity contribution < 1.29 is 8.78 Å². The molecule has 0 aliphatic carbocycles. The maximum atomic E-state index is 12.1. The minimum Gasteiger partial charge on any atom is -0.399 e. The summed E-state index contributed by atoms with van der Waals surface area (Å²) in [6, 6.07) is 3.23. The third-order valence-corrected chi connectivity index (χ3v) is 0.944. The van der Waals surface area contributed by atoms with E-state index in [-0.39, 0.29) is 18.1 Å². The number of nitrogens with two attached hydrogens (primary N) is 1. The average molecular weight is 166 g/mol. The van der Waals surface area contributed by atoms with Crippen LogP contribution in [0.25, 0.3) is 0 Å². The Morgan fingerprint density at radius 2 is 1.70 bits per heavy atom. The van der Waals surface area contributed by atoms with Gasteiger partial charge in [-0.05, 0) is 18.2 Å². The molecule has 1 nitrogen and oxygen atoms in total. The van der Waals surface area contributed by atoms with E-state index >= 15 is 0 Å². The third-order valence-electron chi connectivity index (χ3n) is 0.944. The Morgan fingerprint density at radius 1 is 1.10 bits per heavy atom. The van der Waals surface area contributed by atoms with E-state index in [2.05, 4.69) is 0 Å². The molecule has 4 heteroatoms. The number of anilines is 1. The van der Waals surface area contributed by atoms with Gasteiger partial charge in [-0.2, -0.15) is 0 Å². The Balaban J connectivity index is 0.000000810. The molecular weight excluding hydrogens is 160 g/mol. The molecule has 0 radical (unpaired) electrons. The van der Waals surface area contributed by atoms with E-state index in [0.29, 0.717) is 0 Å². The lowest BCUT2D eigenvalue weighted by molar-refractivity contribution is 0.509. The van der Waals surface area contributed by atoms with Crippen molar-refractivity contribution in [3.63, 3.8) is 0 Å². The van der Waals surface area contributed by atoms with Gasteiger partial charge in [0.25, 0.3) is 0 Å². The highest BCUT2D eigenvalue weighted by Crippen LogP contribution is 2.08. The second kappa shape index (κ2) is 3.37. The van der Waals surface area contributed by atoms with E-state index in [1.807, 2.05) is 0 Å². The quantitative estimate of drug-likeness (QED) is 0.585. The lowest BCUT2D eigenvalue weighted by Crippen LogP contribution is -1.88. The summed E-state index contributed by atoms with van der Waals surface area (Å²) in [7, 11) is 0. The lowest BCUT2D eigenvalue weighted by Gasteiger charge is -1.91. The number of hydrogen-bond acceptors (Lipinski definition) is 1. The summed E-state index contributed by atoms with van der Waals surface area (Å²) < 4.78 is 24.2. The van der Waals surface area contributed by atoms with Gasteiger partial charge in [0.2, 0.25) is 0 Å². The molecule has 10 heavy (non-hydrogen) atoms. The zero-order valence-electron chi connectivity index (χ0n) is 4.97. The maximum absolute atomic E-state index is 12.1. The van der Waals surface area contributed by atoms with Gasteiger partial charge in [0.1, 0.15) is 0 Å². The fraction of sp³-hybridized carbons (Fsp3) is 0. The summed E-state index contributed by atoms with van der Waals surface area (Å²) in [6.07, 6.45) is 0. The van der Waals surface area contributed by atoms with E-state index in [9.17, 15) is 8.78 Å². The second-order valence-electron chi connectivity index (χ2n) is 1.67. The SMILES string of the molecule is Cl.Nc1ccc(F)c(F)c1. The van der Waals surface area contributed by atoms with Crippen molar-refractivity contribution >= 4 is 18.1 Å². The number of nitrogen functional groups attached to an aromatic ring is 1. The first-order chi connectivity index (χ1) is 4.20. The van der Waals surface area contributed by atoms with Crippen molar-refractivity contribution in [1.82, 2.24) is 0 Å². The Kier molecular flexibility index (Phi) is 3.09. The molecule has 0 unspecified atom stereocenters. The first-order valence-corrected chi connectivity index (χ1v) is 2.40. The highest BCUT2D eigenvalue weighted by molar-refractivity contribution is 5.85. The molecular formula is C6H6ClF2N. The molecule has 0 saturated heterocycles. The summed E-state index contributed by atoms with van der Waals surface area (Å²) in [5.41, 5.74) is 5.35. The minimum absolute atomic E-state index is 0. The summed E-state index contributed by atoms with van der Waals surface area (Å²) in [4.78, 5) is 0. The van der Waals surface area contributed by atoms with Crippen LogP contribution in [0.15, 0.2) is 18.2 Å². The van der Waals surface area contributed by atoms with E-state index in [4.69, 9.17) is 5.73 Å². The first-order valence-electron chi connectivity index (χ1n) is 2.40. The third kappa shape index (κ3) is 1.84. The van der Waals surface area contributed by atoms with Crippen molar-refractivity contribution in [3.05, 3.63) is 29.8 Å². The normalized spacial score (nSPS) is 8.60. The van der Waals surface area contributed by atoms with Gasteiger partial charge in [0.05, 0.1) is 0 Å². The molecule has 0 bridgehead atoms. The van der Waals surface area contributed by atoms with E-state index in [0.717, 1.165) is 12.1 Å². The molecule has 1 aromatic carbocycles. The molecule has 0 saturated carbocycles. The smallest absolute Gasteiger partial charge is 0.160 e. The van der Waals surface area contributed by atoms with Crippen LogP contribution in [0.1, 0.15) is 0 Å². The van der Waals surface area contributed by atoms with Gasteiger partial charge in [-0.1, -0.05) is 0 Å². The second-order valence-corrected chi connectivity index (χ2v) is 1.67. The van der Waals surface area contributed by atoms with Gasteiger partial charge in [-0.15, -0.1) is 12.4 Å². The van der Waals surface area contributed by atoms with E-state index < -0.39 is 11.6 Å². The highest BCUT2D eigenvalue weighted by atomic mass is 35.5. The van der Waals surface area contributed by atoms with Crippen LogP contribution in [0.2, 0.25) is 0 Å². The van der Waals surface area contributed by atoms with Crippen LogP contribution in [-0.4, -0.2) is 0 Å². The van der Waals surface area contributed by atoms with E-state index in [1.165, 1.54) is 6.07 Å². The van der Waals surface area contributed by atoms with Crippen LogP contribution in [0.5, 0.6) is 0 Å². The Morgan fingerprint density at radius 3 is 2.10 bits per heavy atom. The summed E-state index contributed by atoms with van der Waals surface area (Å²) >= 11 is 0. The monoisotopic (exact) mass is 165 g/mol. The minimum atomic E-state index is -0.907. The van der Waals surface area contributed by atoms with Gasteiger partial charge in [-0.3, -0.25) is 0 Å². The average Bonchev–Trinajstić information content (AvgIpc) is 1.80. The van der Waals surface area contributed by atoms with E-state index in [1.54, 1.807) is 0 Å². The first kappa shape index (κ1) is 9.17. The van der Waals surface area contributed by atoms with Gasteiger partial charge >= 0.3 is 0 Å². The predicted octanol–water partition coefficient (Wildman–Crippen LogP) is 1.97. The molecule has 2 N–H and O–H groups in total. The summed E-state index contributed by atoms with van der Waals surface area (Å²) in [5.74, 6) is -1.78. The van der Waals surface area contributed by atoms with Crippen molar-refractivity contribution in [3.8, 4) is 0 Å². The fourth-order valence-corrected chi connectivity index (χ4v) is 0.512. The zero-order chi connectivity index (χ0) is 6.85. The molecule has 0 aliphatic rings. The molecule has 56 valence electrons. The number of benzene rings is 1. The zero-order valence-corrected chi connectivity index (χ0v) is 5.79. The Bertz CT molecular complexity index is 227. The number of rotatable bonds is 0. The van der Waals surface area contributed by atoms with Gasteiger partial charge in [0, 0.05) is 5.69 Å².